The fourth-order valence-corrected chi connectivity index (χ4v) is 2.42. The number of benzene rings is 2. The summed E-state index contributed by atoms with van der Waals surface area (Å²) in [6.45, 7) is 2.12. The number of nitrogens with zero attached hydrogens (tertiary/aromatic N) is 1. The lowest BCUT2D eigenvalue weighted by atomic mass is 10.1. The molecule has 2 aromatic carbocycles. The molecule has 0 saturated carbocycles. The van der Waals surface area contributed by atoms with Crippen molar-refractivity contribution in [3.63, 3.8) is 0 Å². The lowest BCUT2D eigenvalue weighted by Crippen LogP contribution is -2.27. The standard InChI is InChI=1S/C16H15BrFNO/c1-11-5-3-4-6-14(11)16(20)19(2)10-12-9-13(17)7-8-15(12)18/h3-9H,10H2,1-2H3. The number of hydrogen-bond donors (Lipinski definition) is 0. The van der Waals surface area contributed by atoms with Crippen LogP contribution in [-0.4, -0.2) is 17.9 Å². The summed E-state index contributed by atoms with van der Waals surface area (Å²) < 4.78 is 14.5. The molecule has 2 nitrogen and oxygen atoms in total. The molecule has 0 heterocycles. The quantitative estimate of drug-likeness (QED) is 0.824. The van der Waals surface area contributed by atoms with Gasteiger partial charge in [-0.1, -0.05) is 34.1 Å². The van der Waals surface area contributed by atoms with Crippen LogP contribution in [0.3, 0.4) is 0 Å². The minimum Gasteiger partial charge on any atom is -0.337 e. The van der Waals surface area contributed by atoms with Gasteiger partial charge in [-0.3, -0.25) is 4.79 Å². The Morgan fingerprint density at radius 3 is 2.65 bits per heavy atom. The Morgan fingerprint density at radius 1 is 1.25 bits per heavy atom. The van der Waals surface area contributed by atoms with Crippen LogP contribution in [0.4, 0.5) is 4.39 Å². The predicted octanol–water partition coefficient (Wildman–Crippen LogP) is 4.17. The van der Waals surface area contributed by atoms with Gasteiger partial charge in [-0.2, -0.15) is 0 Å². The molecule has 0 saturated heterocycles. The topological polar surface area (TPSA) is 20.3 Å². The highest BCUT2D eigenvalue weighted by Crippen LogP contribution is 2.18. The van der Waals surface area contributed by atoms with E-state index < -0.39 is 0 Å². The molecule has 0 bridgehead atoms. The Morgan fingerprint density at radius 2 is 1.95 bits per heavy atom. The summed E-state index contributed by atoms with van der Waals surface area (Å²) in [6, 6.07) is 12.1. The highest BCUT2D eigenvalue weighted by atomic mass is 79.9. The zero-order chi connectivity index (χ0) is 14.7. The second-order valence-electron chi connectivity index (χ2n) is 4.71. The molecule has 2 aromatic rings. The second kappa shape index (κ2) is 6.18. The number of rotatable bonds is 3. The monoisotopic (exact) mass is 335 g/mol. The van der Waals surface area contributed by atoms with Crippen molar-refractivity contribution < 1.29 is 9.18 Å². The molecule has 2 rings (SSSR count). The van der Waals surface area contributed by atoms with Gasteiger partial charge >= 0.3 is 0 Å². The van der Waals surface area contributed by atoms with E-state index in [1.807, 2.05) is 25.1 Å². The molecule has 0 spiro atoms. The third-order valence-corrected chi connectivity index (χ3v) is 3.63. The van der Waals surface area contributed by atoms with Crippen molar-refractivity contribution >= 4 is 21.8 Å². The minimum absolute atomic E-state index is 0.109. The smallest absolute Gasteiger partial charge is 0.254 e. The lowest BCUT2D eigenvalue weighted by Gasteiger charge is -2.19. The molecule has 1 amide bonds. The number of aryl methyl sites for hydroxylation is 1. The SMILES string of the molecule is Cc1ccccc1C(=O)N(C)Cc1cc(Br)ccc1F. The summed E-state index contributed by atoms with van der Waals surface area (Å²) in [5.41, 5.74) is 2.05. The van der Waals surface area contributed by atoms with Crippen LogP contribution < -0.4 is 0 Å². The Labute approximate surface area is 126 Å². The zero-order valence-electron chi connectivity index (χ0n) is 11.4. The van der Waals surface area contributed by atoms with Crippen molar-refractivity contribution in [3.8, 4) is 0 Å². The van der Waals surface area contributed by atoms with Crippen molar-refractivity contribution in [2.24, 2.45) is 0 Å². The van der Waals surface area contributed by atoms with Crippen molar-refractivity contribution in [1.29, 1.82) is 0 Å². The molecule has 104 valence electrons. The maximum absolute atomic E-state index is 13.7. The maximum atomic E-state index is 13.7. The summed E-state index contributed by atoms with van der Waals surface area (Å²) in [6.07, 6.45) is 0. The van der Waals surface area contributed by atoms with E-state index in [0.29, 0.717) is 11.1 Å². The molecule has 0 aromatic heterocycles. The third kappa shape index (κ3) is 3.25. The van der Waals surface area contributed by atoms with Gasteiger partial charge in [0.15, 0.2) is 0 Å². The van der Waals surface area contributed by atoms with Crippen LogP contribution >= 0.6 is 15.9 Å². The van der Waals surface area contributed by atoms with E-state index in [2.05, 4.69) is 15.9 Å². The number of amides is 1. The summed E-state index contributed by atoms with van der Waals surface area (Å²) >= 11 is 3.31. The fourth-order valence-electron chi connectivity index (χ4n) is 2.01. The Balaban J connectivity index is 2.20. The fraction of sp³-hybridized carbons (Fsp3) is 0.188. The van der Waals surface area contributed by atoms with E-state index in [4.69, 9.17) is 0 Å². The Bertz CT molecular complexity index is 642. The first-order valence-corrected chi connectivity index (χ1v) is 7.03. The largest absolute Gasteiger partial charge is 0.337 e. The lowest BCUT2D eigenvalue weighted by molar-refractivity contribution is 0.0783. The molecule has 0 aliphatic rings. The van der Waals surface area contributed by atoms with E-state index in [-0.39, 0.29) is 18.3 Å². The van der Waals surface area contributed by atoms with Crippen molar-refractivity contribution in [1.82, 2.24) is 4.90 Å². The van der Waals surface area contributed by atoms with E-state index >= 15 is 0 Å². The molecule has 0 fully saturated rings. The number of carbonyl (C=O) groups excluding carboxylic acids is 1. The third-order valence-electron chi connectivity index (χ3n) is 3.14. The maximum Gasteiger partial charge on any atom is 0.254 e. The van der Waals surface area contributed by atoms with Crippen LogP contribution in [0.2, 0.25) is 0 Å². The van der Waals surface area contributed by atoms with Gasteiger partial charge in [0, 0.05) is 29.2 Å². The molecular formula is C16H15BrFNO. The molecule has 0 aliphatic carbocycles. The van der Waals surface area contributed by atoms with Crippen molar-refractivity contribution in [3.05, 3.63) is 69.4 Å². The van der Waals surface area contributed by atoms with Crippen LogP contribution in [0.1, 0.15) is 21.5 Å². The summed E-state index contributed by atoms with van der Waals surface area (Å²) in [5.74, 6) is -0.417. The number of hydrogen-bond acceptors (Lipinski definition) is 1. The van der Waals surface area contributed by atoms with Crippen LogP contribution in [0.15, 0.2) is 46.9 Å². The second-order valence-corrected chi connectivity index (χ2v) is 5.63. The van der Waals surface area contributed by atoms with Gasteiger partial charge in [-0.05, 0) is 36.8 Å². The van der Waals surface area contributed by atoms with Gasteiger partial charge in [-0.25, -0.2) is 4.39 Å². The minimum atomic E-state index is -0.308. The molecule has 20 heavy (non-hydrogen) atoms. The predicted molar refractivity (Wildman–Crippen MR) is 81.1 cm³/mol. The van der Waals surface area contributed by atoms with Crippen LogP contribution in [0.5, 0.6) is 0 Å². The average molecular weight is 336 g/mol. The van der Waals surface area contributed by atoms with E-state index in [1.54, 1.807) is 25.2 Å². The van der Waals surface area contributed by atoms with Gasteiger partial charge < -0.3 is 4.90 Å². The van der Waals surface area contributed by atoms with Crippen molar-refractivity contribution in [2.45, 2.75) is 13.5 Å². The first-order valence-electron chi connectivity index (χ1n) is 6.24. The van der Waals surface area contributed by atoms with Gasteiger partial charge in [0.2, 0.25) is 0 Å². The number of carbonyl (C=O) groups is 1. The van der Waals surface area contributed by atoms with E-state index in [0.717, 1.165) is 10.0 Å². The highest BCUT2D eigenvalue weighted by molar-refractivity contribution is 9.10. The summed E-state index contributed by atoms with van der Waals surface area (Å²) in [7, 11) is 1.68. The van der Waals surface area contributed by atoms with E-state index in [9.17, 15) is 9.18 Å². The van der Waals surface area contributed by atoms with Crippen LogP contribution in [0.25, 0.3) is 0 Å². The van der Waals surface area contributed by atoms with Crippen LogP contribution in [-0.2, 0) is 6.54 Å². The number of halogens is 2. The zero-order valence-corrected chi connectivity index (χ0v) is 12.9. The molecule has 0 aliphatic heterocycles. The molecular weight excluding hydrogens is 321 g/mol. The normalized spacial score (nSPS) is 10.4. The first-order chi connectivity index (χ1) is 9.49. The first kappa shape index (κ1) is 14.7. The Hall–Kier alpha value is -1.68. The van der Waals surface area contributed by atoms with E-state index in [1.165, 1.54) is 11.0 Å². The molecule has 0 radical (unpaired) electrons. The van der Waals surface area contributed by atoms with Crippen LogP contribution in [0, 0.1) is 12.7 Å². The van der Waals surface area contributed by atoms with Gasteiger partial charge in [-0.15, -0.1) is 0 Å². The molecule has 4 heteroatoms. The summed E-state index contributed by atoms with van der Waals surface area (Å²) in [5, 5.41) is 0. The van der Waals surface area contributed by atoms with Crippen molar-refractivity contribution in [2.75, 3.05) is 7.05 Å². The Kier molecular flexibility index (Phi) is 4.55. The molecule has 0 atom stereocenters. The molecule has 0 unspecified atom stereocenters. The van der Waals surface area contributed by atoms with Gasteiger partial charge in [0.05, 0.1) is 0 Å². The highest BCUT2D eigenvalue weighted by Gasteiger charge is 2.15. The summed E-state index contributed by atoms with van der Waals surface area (Å²) in [4.78, 5) is 13.9. The average Bonchev–Trinajstić information content (AvgIpc) is 2.42. The van der Waals surface area contributed by atoms with Gasteiger partial charge in [0.25, 0.3) is 5.91 Å². The van der Waals surface area contributed by atoms with Gasteiger partial charge in [0.1, 0.15) is 5.82 Å². The molecule has 0 N–H and O–H groups in total.